The number of hydrogen-bond donors (Lipinski definition) is 1. The van der Waals surface area contributed by atoms with Gasteiger partial charge in [-0.05, 0) is 37.3 Å². The zero-order valence-corrected chi connectivity index (χ0v) is 12.1. The number of ether oxygens (including phenoxy) is 1. The number of nitrogens with one attached hydrogen (secondary N) is 1. The van der Waals surface area contributed by atoms with Gasteiger partial charge in [0.05, 0.1) is 10.2 Å². The number of carbonyl (C=O) groups excluding carboxylic acids is 1. The molecule has 1 fully saturated rings. The van der Waals surface area contributed by atoms with Gasteiger partial charge in [-0.15, -0.1) is 11.3 Å². The van der Waals surface area contributed by atoms with Crippen molar-refractivity contribution >= 4 is 44.9 Å². The highest BCUT2D eigenvalue weighted by atomic mass is 32.2. The molecule has 1 amide bonds. The number of benzene rings is 1. The first-order chi connectivity index (χ1) is 9.26. The minimum atomic E-state index is -0.293. The molecule has 0 bridgehead atoms. The van der Waals surface area contributed by atoms with E-state index in [4.69, 9.17) is 4.74 Å². The number of thiazole rings is 1. The Morgan fingerprint density at radius 1 is 1.58 bits per heavy atom. The van der Waals surface area contributed by atoms with Gasteiger partial charge in [-0.3, -0.25) is 4.79 Å². The molecule has 1 aliphatic heterocycles. The van der Waals surface area contributed by atoms with E-state index in [9.17, 15) is 4.79 Å². The predicted molar refractivity (Wildman–Crippen MR) is 79.0 cm³/mol. The predicted octanol–water partition coefficient (Wildman–Crippen LogP) is 3.14. The molecule has 1 aromatic carbocycles. The van der Waals surface area contributed by atoms with E-state index in [-0.39, 0.29) is 12.0 Å². The second-order valence-electron chi connectivity index (χ2n) is 4.36. The number of thioether (sulfide) groups is 1. The summed E-state index contributed by atoms with van der Waals surface area (Å²) < 4.78 is 7.50. The van der Waals surface area contributed by atoms with Crippen molar-refractivity contribution in [2.24, 2.45) is 0 Å². The van der Waals surface area contributed by atoms with Crippen LogP contribution in [0, 0.1) is 0 Å². The molecule has 1 saturated heterocycles. The van der Waals surface area contributed by atoms with Crippen LogP contribution in [0.4, 0.5) is 5.69 Å². The van der Waals surface area contributed by atoms with Crippen LogP contribution in [-0.2, 0) is 9.53 Å². The van der Waals surface area contributed by atoms with E-state index in [0.717, 1.165) is 33.1 Å². The van der Waals surface area contributed by atoms with Crippen molar-refractivity contribution in [3.8, 4) is 0 Å². The fraction of sp³-hybridized carbons (Fsp3) is 0.385. The zero-order chi connectivity index (χ0) is 13.2. The first-order valence-electron chi connectivity index (χ1n) is 6.13. The van der Waals surface area contributed by atoms with Gasteiger partial charge in [0.2, 0.25) is 0 Å². The lowest BCUT2D eigenvalue weighted by atomic mass is 10.2. The number of carbonyl (C=O) groups is 1. The molecule has 0 unspecified atom stereocenters. The number of aromatic nitrogens is 1. The van der Waals surface area contributed by atoms with Crippen LogP contribution in [0.1, 0.15) is 12.8 Å². The van der Waals surface area contributed by atoms with Gasteiger partial charge >= 0.3 is 0 Å². The molecule has 100 valence electrons. The molecule has 0 radical (unpaired) electrons. The maximum Gasteiger partial charge on any atom is 0.253 e. The van der Waals surface area contributed by atoms with Crippen molar-refractivity contribution in [2.45, 2.75) is 23.3 Å². The van der Waals surface area contributed by atoms with Crippen molar-refractivity contribution in [1.82, 2.24) is 4.98 Å². The van der Waals surface area contributed by atoms with E-state index in [1.807, 2.05) is 24.5 Å². The first kappa shape index (κ1) is 12.9. The van der Waals surface area contributed by atoms with Gasteiger partial charge in [-0.2, -0.15) is 0 Å². The van der Waals surface area contributed by atoms with Gasteiger partial charge in [0.25, 0.3) is 5.91 Å². The summed E-state index contributed by atoms with van der Waals surface area (Å²) in [5.41, 5.74) is 1.79. The third-order valence-corrected chi connectivity index (χ3v) is 5.04. The Hall–Kier alpha value is -1.11. The van der Waals surface area contributed by atoms with Crippen LogP contribution in [0.15, 0.2) is 22.5 Å². The molecule has 2 heterocycles. The van der Waals surface area contributed by atoms with Crippen molar-refractivity contribution in [1.29, 1.82) is 0 Å². The Balaban J connectivity index is 1.78. The molecule has 4 nitrogen and oxygen atoms in total. The maximum atomic E-state index is 12.0. The average Bonchev–Trinajstić information content (AvgIpc) is 3.07. The summed E-state index contributed by atoms with van der Waals surface area (Å²) in [6.45, 7) is 0.684. The number of rotatable bonds is 3. The highest BCUT2D eigenvalue weighted by Crippen LogP contribution is 2.30. The van der Waals surface area contributed by atoms with Gasteiger partial charge in [0.1, 0.15) is 6.10 Å². The third kappa shape index (κ3) is 2.75. The van der Waals surface area contributed by atoms with Crippen molar-refractivity contribution in [3.05, 3.63) is 18.2 Å². The normalized spacial score (nSPS) is 18.9. The molecular formula is C13H14N2O2S2. The summed E-state index contributed by atoms with van der Waals surface area (Å²) >= 11 is 3.27. The Morgan fingerprint density at radius 3 is 3.21 bits per heavy atom. The lowest BCUT2D eigenvalue weighted by Gasteiger charge is -2.10. The van der Waals surface area contributed by atoms with Crippen LogP contribution in [0.25, 0.3) is 10.2 Å². The molecule has 1 N–H and O–H groups in total. The zero-order valence-electron chi connectivity index (χ0n) is 10.5. The second kappa shape index (κ2) is 5.48. The van der Waals surface area contributed by atoms with Crippen molar-refractivity contribution in [3.63, 3.8) is 0 Å². The second-order valence-corrected chi connectivity index (χ2v) is 6.44. The van der Waals surface area contributed by atoms with Crippen LogP contribution in [0.3, 0.4) is 0 Å². The molecule has 1 aromatic heterocycles. The first-order valence-corrected chi connectivity index (χ1v) is 8.17. The van der Waals surface area contributed by atoms with Crippen LogP contribution < -0.4 is 5.32 Å². The maximum absolute atomic E-state index is 12.0. The van der Waals surface area contributed by atoms with Gasteiger partial charge in [0, 0.05) is 12.3 Å². The standard InChI is InChI=1S/C13H14N2O2S2/c1-18-13-15-9-5-4-8(7-11(9)19-13)14-12(16)10-3-2-6-17-10/h4-5,7,10H,2-3,6H2,1H3,(H,14,16)/t10-/m1/s1. The molecule has 1 aliphatic rings. The third-order valence-electron chi connectivity index (χ3n) is 3.03. The molecular weight excluding hydrogens is 280 g/mol. The van der Waals surface area contributed by atoms with E-state index < -0.39 is 0 Å². The molecule has 0 aliphatic carbocycles. The lowest BCUT2D eigenvalue weighted by molar-refractivity contribution is -0.124. The highest BCUT2D eigenvalue weighted by Gasteiger charge is 2.23. The van der Waals surface area contributed by atoms with Crippen molar-refractivity contribution < 1.29 is 9.53 Å². The van der Waals surface area contributed by atoms with Crippen molar-refractivity contribution in [2.75, 3.05) is 18.2 Å². The van der Waals surface area contributed by atoms with Gasteiger partial charge in [0.15, 0.2) is 4.34 Å². The van der Waals surface area contributed by atoms with Crippen LogP contribution in [0.2, 0.25) is 0 Å². The number of fused-ring (bicyclic) bond motifs is 1. The number of nitrogens with zero attached hydrogens (tertiary/aromatic N) is 1. The van der Waals surface area contributed by atoms with Crippen LogP contribution >= 0.6 is 23.1 Å². The fourth-order valence-corrected chi connectivity index (χ4v) is 3.60. The van der Waals surface area contributed by atoms with E-state index in [2.05, 4.69) is 10.3 Å². The number of anilines is 1. The summed E-state index contributed by atoms with van der Waals surface area (Å²) in [5.74, 6) is -0.0496. The average molecular weight is 294 g/mol. The largest absolute Gasteiger partial charge is 0.368 e. The quantitative estimate of drug-likeness (QED) is 0.884. The molecule has 2 aromatic rings. The Morgan fingerprint density at radius 2 is 2.47 bits per heavy atom. The summed E-state index contributed by atoms with van der Waals surface area (Å²) in [5, 5.41) is 2.91. The molecule has 3 rings (SSSR count). The van der Waals surface area contributed by atoms with Gasteiger partial charge < -0.3 is 10.1 Å². The van der Waals surface area contributed by atoms with E-state index >= 15 is 0 Å². The molecule has 0 spiro atoms. The van der Waals surface area contributed by atoms with Crippen LogP contribution in [-0.4, -0.2) is 29.9 Å². The number of amides is 1. The number of hydrogen-bond acceptors (Lipinski definition) is 5. The SMILES string of the molecule is CSc1nc2ccc(NC(=O)[C@H]3CCCO3)cc2s1. The molecule has 19 heavy (non-hydrogen) atoms. The molecule has 0 saturated carbocycles. The summed E-state index contributed by atoms with van der Waals surface area (Å²) in [7, 11) is 0. The summed E-state index contributed by atoms with van der Waals surface area (Å²) in [6, 6.07) is 5.80. The minimum Gasteiger partial charge on any atom is -0.368 e. The van der Waals surface area contributed by atoms with E-state index in [1.165, 1.54) is 0 Å². The smallest absolute Gasteiger partial charge is 0.253 e. The Kier molecular flexibility index (Phi) is 3.72. The fourth-order valence-electron chi connectivity index (χ4n) is 2.08. The Bertz CT molecular complexity index is 606. The van der Waals surface area contributed by atoms with Gasteiger partial charge in [-0.25, -0.2) is 4.98 Å². The summed E-state index contributed by atoms with van der Waals surface area (Å²) in [6.07, 6.45) is 3.49. The van der Waals surface area contributed by atoms with E-state index in [0.29, 0.717) is 6.61 Å². The molecule has 6 heteroatoms. The topological polar surface area (TPSA) is 51.2 Å². The summed E-state index contributed by atoms with van der Waals surface area (Å²) in [4.78, 5) is 16.4. The molecule has 1 atom stereocenters. The van der Waals surface area contributed by atoms with Gasteiger partial charge in [-0.1, -0.05) is 11.8 Å². The Labute approximate surface area is 119 Å². The minimum absolute atomic E-state index is 0.0496. The van der Waals surface area contributed by atoms with E-state index in [1.54, 1.807) is 23.1 Å². The van der Waals surface area contributed by atoms with Crippen LogP contribution in [0.5, 0.6) is 0 Å². The monoisotopic (exact) mass is 294 g/mol. The lowest BCUT2D eigenvalue weighted by Crippen LogP contribution is -2.26. The highest BCUT2D eigenvalue weighted by molar-refractivity contribution is 8.00.